The molecule has 2 fully saturated rings. The topological polar surface area (TPSA) is 54.4 Å². The fraction of sp³-hybridized carbons (Fsp3) is 0.852. The summed E-state index contributed by atoms with van der Waals surface area (Å²) >= 11 is 0. The van der Waals surface area contributed by atoms with Crippen molar-refractivity contribution in [3.05, 3.63) is 12.2 Å². The van der Waals surface area contributed by atoms with Crippen LogP contribution in [-0.2, 0) is 9.59 Å². The molecule has 2 rings (SSSR count). The smallest absolute Gasteiger partial charge is 0.309 e. The lowest BCUT2D eigenvalue weighted by molar-refractivity contribution is -0.149. The number of hydrogen-bond acceptors (Lipinski definition) is 2. The van der Waals surface area contributed by atoms with E-state index >= 15 is 0 Å². The molecule has 0 saturated heterocycles. The minimum absolute atomic E-state index is 0.0525. The van der Waals surface area contributed by atoms with Gasteiger partial charge in [-0.3, -0.25) is 4.79 Å². The van der Waals surface area contributed by atoms with E-state index in [9.17, 15) is 14.7 Å². The van der Waals surface area contributed by atoms with Crippen LogP contribution in [0.15, 0.2) is 12.2 Å². The average molecular weight is 419 g/mol. The normalized spacial score (nSPS) is 20.1. The van der Waals surface area contributed by atoms with Gasteiger partial charge in [0.2, 0.25) is 0 Å². The molecule has 2 aliphatic carbocycles. The first kappa shape index (κ1) is 25.1. The molecule has 0 bridgehead atoms. The summed E-state index contributed by atoms with van der Waals surface area (Å²) in [5.41, 5.74) is -0.330. The maximum Gasteiger partial charge on any atom is 0.309 e. The molecule has 2 aliphatic rings. The van der Waals surface area contributed by atoms with Crippen molar-refractivity contribution in [2.45, 2.75) is 135 Å². The van der Waals surface area contributed by atoms with Gasteiger partial charge < -0.3 is 9.90 Å². The quantitative estimate of drug-likeness (QED) is 0.148. The Balaban J connectivity index is 1.35. The van der Waals surface area contributed by atoms with Crippen molar-refractivity contribution in [2.75, 3.05) is 0 Å². The monoisotopic (exact) mass is 418 g/mol. The van der Waals surface area contributed by atoms with Gasteiger partial charge in [0.1, 0.15) is 6.29 Å². The van der Waals surface area contributed by atoms with E-state index in [1.165, 1.54) is 76.9 Å². The first-order valence-electron chi connectivity index (χ1n) is 13.0. The lowest BCUT2D eigenvalue weighted by Gasteiger charge is -2.23. The molecule has 1 N–H and O–H groups in total. The molecule has 0 aromatic heterocycles. The summed E-state index contributed by atoms with van der Waals surface area (Å²) in [4.78, 5) is 22.9. The highest BCUT2D eigenvalue weighted by atomic mass is 16.4. The van der Waals surface area contributed by atoms with Crippen LogP contribution >= 0.6 is 0 Å². The van der Waals surface area contributed by atoms with E-state index in [-0.39, 0.29) is 10.8 Å². The molecule has 30 heavy (non-hydrogen) atoms. The van der Waals surface area contributed by atoms with Gasteiger partial charge in [0, 0.05) is 5.41 Å². The van der Waals surface area contributed by atoms with Crippen molar-refractivity contribution in [3.63, 3.8) is 0 Å². The number of hydrogen-bond donors (Lipinski definition) is 1. The molecule has 0 atom stereocenters. The predicted octanol–water partition coefficient (Wildman–Crippen LogP) is 8.02. The third-order valence-electron chi connectivity index (χ3n) is 7.85. The Morgan fingerprint density at radius 3 is 1.67 bits per heavy atom. The van der Waals surface area contributed by atoms with E-state index in [0.29, 0.717) is 0 Å². The minimum Gasteiger partial charge on any atom is -0.481 e. The molecule has 0 radical (unpaired) electrons. The summed E-state index contributed by atoms with van der Waals surface area (Å²) in [5, 5.41) is 9.51. The largest absolute Gasteiger partial charge is 0.481 e. The average Bonchev–Trinajstić information content (AvgIpc) is 3.42. The van der Waals surface area contributed by atoms with E-state index in [0.717, 1.165) is 64.2 Å². The molecule has 0 spiro atoms. The number of carbonyl (C=O) groups excluding carboxylic acids is 1. The van der Waals surface area contributed by atoms with Crippen LogP contribution < -0.4 is 0 Å². The highest BCUT2D eigenvalue weighted by molar-refractivity contribution is 5.74. The van der Waals surface area contributed by atoms with E-state index in [1.54, 1.807) is 0 Å². The Hall–Kier alpha value is -1.12. The molecule has 172 valence electrons. The molecule has 0 aliphatic heterocycles. The van der Waals surface area contributed by atoms with Crippen LogP contribution in [0.4, 0.5) is 0 Å². The van der Waals surface area contributed by atoms with Crippen LogP contribution in [0.3, 0.4) is 0 Å². The highest BCUT2D eigenvalue weighted by Gasteiger charge is 2.40. The molecule has 0 amide bonds. The summed E-state index contributed by atoms with van der Waals surface area (Å²) in [5.74, 6) is -0.554. The van der Waals surface area contributed by atoms with Crippen molar-refractivity contribution < 1.29 is 14.7 Å². The van der Waals surface area contributed by atoms with Crippen molar-refractivity contribution in [3.8, 4) is 0 Å². The second kappa shape index (κ2) is 14.0. The lowest BCUT2D eigenvalue weighted by Crippen LogP contribution is -2.27. The van der Waals surface area contributed by atoms with Gasteiger partial charge in [-0.2, -0.15) is 0 Å². The van der Waals surface area contributed by atoms with Gasteiger partial charge in [-0.15, -0.1) is 0 Å². The Morgan fingerprint density at radius 1 is 0.667 bits per heavy atom. The Kier molecular flexibility index (Phi) is 11.8. The highest BCUT2D eigenvalue weighted by Crippen LogP contribution is 2.43. The predicted molar refractivity (Wildman–Crippen MR) is 125 cm³/mol. The van der Waals surface area contributed by atoms with Crippen LogP contribution in [0.1, 0.15) is 135 Å². The SMILES string of the molecule is O=CC1(CCCCCCC/C=C\CCCCCCC2(C(=O)O)CCCC2)CCCC1. The molecule has 0 aromatic rings. The number of unbranched alkanes of at least 4 members (excludes halogenated alkanes) is 9. The van der Waals surface area contributed by atoms with Gasteiger partial charge in [0.15, 0.2) is 0 Å². The Labute approximate surface area is 185 Å². The van der Waals surface area contributed by atoms with E-state index in [1.807, 2.05) is 0 Å². The van der Waals surface area contributed by atoms with E-state index < -0.39 is 5.97 Å². The van der Waals surface area contributed by atoms with Gasteiger partial charge in [0.25, 0.3) is 0 Å². The minimum atomic E-state index is -0.554. The summed E-state index contributed by atoms with van der Waals surface area (Å²) in [7, 11) is 0. The van der Waals surface area contributed by atoms with Gasteiger partial charge in [-0.05, 0) is 64.2 Å². The van der Waals surface area contributed by atoms with Crippen molar-refractivity contribution >= 4 is 12.3 Å². The molecule has 2 saturated carbocycles. The number of carbonyl (C=O) groups is 2. The maximum absolute atomic E-state index is 11.5. The molecule has 0 heterocycles. The molecule has 0 unspecified atom stereocenters. The van der Waals surface area contributed by atoms with Gasteiger partial charge in [-0.25, -0.2) is 0 Å². The van der Waals surface area contributed by atoms with Gasteiger partial charge >= 0.3 is 5.97 Å². The van der Waals surface area contributed by atoms with Crippen molar-refractivity contribution in [1.82, 2.24) is 0 Å². The maximum atomic E-state index is 11.5. The van der Waals surface area contributed by atoms with E-state index in [2.05, 4.69) is 12.2 Å². The summed E-state index contributed by atoms with van der Waals surface area (Å²) in [6.45, 7) is 0. The Morgan fingerprint density at radius 2 is 1.13 bits per heavy atom. The zero-order chi connectivity index (χ0) is 21.5. The number of rotatable bonds is 17. The lowest BCUT2D eigenvalue weighted by atomic mass is 9.81. The number of aliphatic carboxylic acids is 1. The first-order chi connectivity index (χ1) is 14.6. The summed E-state index contributed by atoms with van der Waals surface area (Å²) < 4.78 is 0. The van der Waals surface area contributed by atoms with Crippen molar-refractivity contribution in [1.29, 1.82) is 0 Å². The third-order valence-corrected chi connectivity index (χ3v) is 7.85. The Bertz CT molecular complexity index is 510. The molecule has 3 heteroatoms. The van der Waals surface area contributed by atoms with E-state index in [4.69, 9.17) is 0 Å². The molecule has 3 nitrogen and oxygen atoms in total. The standard InChI is InChI=1S/C27H46O3/c28-24-26(19-14-15-20-26)18-12-10-8-6-4-2-1-3-5-7-9-11-13-21-27(25(29)30)22-16-17-23-27/h1,3,24H,2,4-23H2,(H,29,30)/b3-1-. The van der Waals surface area contributed by atoms with Crippen LogP contribution in [0.25, 0.3) is 0 Å². The summed E-state index contributed by atoms with van der Waals surface area (Å²) in [6.07, 6.45) is 30.1. The van der Waals surface area contributed by atoms with Crippen LogP contribution in [0.2, 0.25) is 0 Å². The zero-order valence-electron chi connectivity index (χ0n) is 19.3. The number of carboxylic acids is 1. The zero-order valence-corrected chi connectivity index (χ0v) is 19.3. The van der Waals surface area contributed by atoms with Gasteiger partial charge in [-0.1, -0.05) is 82.8 Å². The third kappa shape index (κ3) is 8.55. The van der Waals surface area contributed by atoms with Gasteiger partial charge in [0.05, 0.1) is 5.41 Å². The number of allylic oxidation sites excluding steroid dienone is 2. The molecular formula is C27H46O3. The number of aldehydes is 1. The van der Waals surface area contributed by atoms with Crippen molar-refractivity contribution in [2.24, 2.45) is 10.8 Å². The fourth-order valence-electron chi connectivity index (χ4n) is 5.71. The number of carboxylic acid groups (broad SMARTS) is 1. The van der Waals surface area contributed by atoms with Crippen LogP contribution in [0.5, 0.6) is 0 Å². The summed E-state index contributed by atoms with van der Waals surface area (Å²) in [6, 6.07) is 0. The van der Waals surface area contributed by atoms with Crippen LogP contribution in [0, 0.1) is 10.8 Å². The molecular weight excluding hydrogens is 372 g/mol. The van der Waals surface area contributed by atoms with Crippen LogP contribution in [-0.4, -0.2) is 17.4 Å². The second-order valence-electron chi connectivity index (χ2n) is 10.2. The fourth-order valence-corrected chi connectivity index (χ4v) is 5.71. The first-order valence-corrected chi connectivity index (χ1v) is 13.0. The molecule has 0 aromatic carbocycles. The second-order valence-corrected chi connectivity index (χ2v) is 10.2.